The summed E-state index contributed by atoms with van der Waals surface area (Å²) in [7, 11) is 0. The highest BCUT2D eigenvalue weighted by Gasteiger charge is 2.62. The summed E-state index contributed by atoms with van der Waals surface area (Å²) in [6.07, 6.45) is -0.415. The minimum Gasteiger partial charge on any atom is -0.315 e. The molecule has 0 bridgehead atoms. The third-order valence-electron chi connectivity index (χ3n) is 8.74. The number of rotatable bonds is 4. The number of carbonyl (C=O) groups is 2. The third kappa shape index (κ3) is 4.12. The van der Waals surface area contributed by atoms with Gasteiger partial charge in [-0.3, -0.25) is 19.4 Å². The van der Waals surface area contributed by atoms with Gasteiger partial charge in [-0.2, -0.15) is 0 Å². The van der Waals surface area contributed by atoms with Crippen LogP contribution in [0.15, 0.2) is 120 Å². The number of allylic oxidation sites excluding steroid dienone is 1. The largest absolute Gasteiger partial charge is 0.315 e. The van der Waals surface area contributed by atoms with Crippen LogP contribution in [0.5, 0.6) is 0 Å². The molecule has 2 amide bonds. The highest BCUT2D eigenvalue weighted by Crippen LogP contribution is 2.55. The van der Waals surface area contributed by atoms with Gasteiger partial charge < -0.3 is 4.90 Å². The Labute approximate surface area is 266 Å². The number of anilines is 3. The Morgan fingerprint density at radius 3 is 1.91 bits per heavy atom. The van der Waals surface area contributed by atoms with Gasteiger partial charge in [0, 0.05) is 27.0 Å². The summed E-state index contributed by atoms with van der Waals surface area (Å²) < 4.78 is 0. The average Bonchev–Trinajstić information content (AvgIpc) is 3.30. The second-order valence-corrected chi connectivity index (χ2v) is 13.2. The van der Waals surface area contributed by atoms with E-state index in [1.165, 1.54) is 0 Å². The Morgan fingerprint density at radius 1 is 0.682 bits per heavy atom. The summed E-state index contributed by atoms with van der Waals surface area (Å²) in [5, 5.41) is 1.17. The normalized spacial score (nSPS) is 22.6. The number of carbonyl (C=O) groups excluding carboxylic acids is 2. The molecule has 0 radical (unpaired) electrons. The van der Waals surface area contributed by atoms with Gasteiger partial charge in [-0.25, -0.2) is 4.99 Å². The SMILES string of the molecule is CC1(C)C(=O)N(c2ccccc2)/C1=C1/C(=Nc2ccc(Cl)cc2)c2cc(Cl)ccc2N1C1N(c2ccccc2)C(=O)C1(C)C. The molecule has 3 aliphatic rings. The number of hydrogen-bond acceptors (Lipinski definition) is 4. The standard InChI is InChI=1S/C36H30Cl2N4O2/c1-35(2)31(40(33(35)43)25-11-7-5-8-12-25)30-29(39-24-18-15-22(37)16-19-24)27-21-23(38)17-20-28(27)42(30)32-36(3,4)34(44)41(32)26-13-9-6-10-14-26/h5-21,32H,1-4H3/b31-30-,39-29?. The molecule has 0 N–H and O–H groups in total. The van der Waals surface area contributed by atoms with Crippen molar-refractivity contribution in [3.8, 4) is 0 Å². The fourth-order valence-electron chi connectivity index (χ4n) is 6.52. The third-order valence-corrected chi connectivity index (χ3v) is 9.22. The van der Waals surface area contributed by atoms with Crippen LogP contribution in [-0.4, -0.2) is 23.7 Å². The van der Waals surface area contributed by atoms with Crippen molar-refractivity contribution in [1.29, 1.82) is 0 Å². The number of para-hydroxylation sites is 2. The van der Waals surface area contributed by atoms with Crippen LogP contribution in [0.25, 0.3) is 0 Å². The molecule has 3 aliphatic heterocycles. The molecule has 6 nitrogen and oxygen atoms in total. The van der Waals surface area contributed by atoms with Crippen LogP contribution in [0.1, 0.15) is 33.3 Å². The van der Waals surface area contributed by atoms with Crippen molar-refractivity contribution < 1.29 is 9.59 Å². The molecule has 7 rings (SSSR count). The number of β-lactam (4-membered cyclic amide) rings is 2. The van der Waals surface area contributed by atoms with E-state index in [9.17, 15) is 9.59 Å². The molecule has 0 aliphatic carbocycles. The summed E-state index contributed by atoms with van der Waals surface area (Å²) >= 11 is 12.9. The molecular formula is C36H30Cl2N4O2. The number of aliphatic imine (C=N–C) groups is 1. The average molecular weight is 622 g/mol. The molecule has 220 valence electrons. The number of halogens is 2. The summed E-state index contributed by atoms with van der Waals surface area (Å²) in [5.74, 6) is -0.00430. The quantitative estimate of drug-likeness (QED) is 0.215. The van der Waals surface area contributed by atoms with Crippen LogP contribution in [0.3, 0.4) is 0 Å². The predicted molar refractivity (Wildman–Crippen MR) is 178 cm³/mol. The van der Waals surface area contributed by atoms with E-state index in [4.69, 9.17) is 28.2 Å². The van der Waals surface area contributed by atoms with Gasteiger partial charge in [0.05, 0.1) is 39.3 Å². The zero-order chi connectivity index (χ0) is 31.0. The van der Waals surface area contributed by atoms with Crippen molar-refractivity contribution in [1.82, 2.24) is 0 Å². The van der Waals surface area contributed by atoms with Crippen LogP contribution in [-0.2, 0) is 9.59 Å². The Kier molecular flexibility index (Phi) is 6.50. The van der Waals surface area contributed by atoms with Crippen LogP contribution in [0, 0.1) is 10.8 Å². The fraction of sp³-hybridized carbons (Fsp3) is 0.194. The molecule has 2 fully saturated rings. The van der Waals surface area contributed by atoms with Gasteiger partial charge in [0.2, 0.25) is 11.8 Å². The Balaban J connectivity index is 1.55. The second-order valence-electron chi connectivity index (χ2n) is 12.4. The number of hydrogen-bond donors (Lipinski definition) is 0. The molecular weight excluding hydrogens is 591 g/mol. The van der Waals surface area contributed by atoms with E-state index in [-0.39, 0.29) is 11.8 Å². The Hall–Kier alpha value is -4.39. The molecule has 4 aromatic carbocycles. The zero-order valence-corrected chi connectivity index (χ0v) is 26.3. The maximum atomic E-state index is 13.8. The molecule has 44 heavy (non-hydrogen) atoms. The van der Waals surface area contributed by atoms with Crippen molar-refractivity contribution in [2.75, 3.05) is 14.7 Å². The van der Waals surface area contributed by atoms with E-state index in [2.05, 4.69) is 4.90 Å². The summed E-state index contributed by atoms with van der Waals surface area (Å²) in [5.41, 5.74) is 4.58. The van der Waals surface area contributed by atoms with Crippen LogP contribution in [0.4, 0.5) is 22.7 Å². The van der Waals surface area contributed by atoms with Crippen LogP contribution < -0.4 is 14.7 Å². The number of fused-ring (bicyclic) bond motifs is 1. The lowest BCUT2D eigenvalue weighted by atomic mass is 9.74. The van der Waals surface area contributed by atoms with Gasteiger partial charge in [0.25, 0.3) is 0 Å². The second kappa shape index (κ2) is 10.1. The van der Waals surface area contributed by atoms with Crippen molar-refractivity contribution in [3.63, 3.8) is 0 Å². The Morgan fingerprint density at radius 2 is 1.27 bits per heavy atom. The van der Waals surface area contributed by atoms with Gasteiger partial charge in [-0.05, 0) is 94.4 Å². The van der Waals surface area contributed by atoms with Crippen molar-refractivity contribution in [2.24, 2.45) is 15.8 Å². The molecule has 2 saturated heterocycles. The van der Waals surface area contributed by atoms with Crippen molar-refractivity contribution in [2.45, 2.75) is 33.9 Å². The predicted octanol–water partition coefficient (Wildman–Crippen LogP) is 8.62. The lowest BCUT2D eigenvalue weighted by Gasteiger charge is -2.58. The first kappa shape index (κ1) is 28.4. The fourth-order valence-corrected chi connectivity index (χ4v) is 6.81. The van der Waals surface area contributed by atoms with E-state index in [0.717, 1.165) is 34.0 Å². The molecule has 1 unspecified atom stereocenters. The van der Waals surface area contributed by atoms with Gasteiger partial charge in [-0.15, -0.1) is 0 Å². The van der Waals surface area contributed by atoms with E-state index in [0.29, 0.717) is 21.4 Å². The molecule has 0 spiro atoms. The van der Waals surface area contributed by atoms with Gasteiger partial charge in [0.15, 0.2) is 0 Å². The van der Waals surface area contributed by atoms with E-state index in [1.807, 2.05) is 124 Å². The number of amides is 2. The maximum Gasteiger partial charge on any atom is 0.243 e. The molecule has 3 heterocycles. The highest BCUT2D eigenvalue weighted by molar-refractivity contribution is 6.33. The monoisotopic (exact) mass is 620 g/mol. The molecule has 4 aromatic rings. The summed E-state index contributed by atoms with van der Waals surface area (Å²) in [4.78, 5) is 38.6. The smallest absolute Gasteiger partial charge is 0.243 e. The van der Waals surface area contributed by atoms with Gasteiger partial charge >= 0.3 is 0 Å². The lowest BCUT2D eigenvalue weighted by molar-refractivity contribution is -0.137. The number of nitrogens with zero attached hydrogens (tertiary/aromatic N) is 4. The van der Waals surface area contributed by atoms with Crippen molar-refractivity contribution >= 4 is 63.5 Å². The highest BCUT2D eigenvalue weighted by atomic mass is 35.5. The molecule has 1 atom stereocenters. The first-order chi connectivity index (χ1) is 21.0. The topological polar surface area (TPSA) is 56.2 Å². The summed E-state index contributed by atoms with van der Waals surface area (Å²) in [6.45, 7) is 7.82. The zero-order valence-electron chi connectivity index (χ0n) is 24.8. The minimum atomic E-state index is -0.842. The van der Waals surface area contributed by atoms with Crippen molar-refractivity contribution in [3.05, 3.63) is 130 Å². The van der Waals surface area contributed by atoms with Crippen LogP contribution in [0.2, 0.25) is 10.0 Å². The van der Waals surface area contributed by atoms with Gasteiger partial charge in [0.1, 0.15) is 6.17 Å². The van der Waals surface area contributed by atoms with E-state index in [1.54, 1.807) is 17.0 Å². The first-order valence-corrected chi connectivity index (χ1v) is 15.2. The molecule has 0 aromatic heterocycles. The van der Waals surface area contributed by atoms with Gasteiger partial charge in [-0.1, -0.05) is 59.6 Å². The minimum absolute atomic E-state index is 0.0144. The summed E-state index contributed by atoms with van der Waals surface area (Å²) in [6, 6.07) is 32.4. The Bertz CT molecular complexity index is 1880. The lowest BCUT2D eigenvalue weighted by Crippen LogP contribution is -2.73. The molecule has 0 saturated carbocycles. The van der Waals surface area contributed by atoms with E-state index < -0.39 is 17.0 Å². The van der Waals surface area contributed by atoms with Crippen LogP contribution >= 0.6 is 23.2 Å². The maximum absolute atomic E-state index is 13.8. The number of benzene rings is 4. The first-order valence-electron chi connectivity index (χ1n) is 14.5. The van der Waals surface area contributed by atoms with E-state index >= 15 is 0 Å². The molecule has 8 heteroatoms.